The third kappa shape index (κ3) is 5.81. The molecule has 1 aliphatic carbocycles. The van der Waals surface area contributed by atoms with Crippen molar-refractivity contribution in [2.75, 3.05) is 0 Å². The molecule has 34 heavy (non-hydrogen) atoms. The van der Waals surface area contributed by atoms with Gasteiger partial charge in [0, 0.05) is 28.4 Å². The van der Waals surface area contributed by atoms with E-state index in [1.807, 2.05) is 28.7 Å². The maximum atomic E-state index is 14.5. The quantitative estimate of drug-likeness (QED) is 0.318. The fourth-order valence-electron chi connectivity index (χ4n) is 4.44. The highest BCUT2D eigenvalue weighted by Crippen LogP contribution is 2.32. The number of halogens is 3. The Labute approximate surface area is 210 Å². The van der Waals surface area contributed by atoms with E-state index in [2.05, 4.69) is 0 Å². The molecule has 3 aromatic carbocycles. The largest absolute Gasteiger partial charge is 0.456 e. The number of carbonyl (C=O) groups is 2. The topological polar surface area (TPSA) is 69.4 Å². The number of hydrogen-bond donors (Lipinski definition) is 1. The summed E-state index contributed by atoms with van der Waals surface area (Å²) in [5.74, 6) is -1.26. The van der Waals surface area contributed by atoms with Gasteiger partial charge < -0.3 is 10.5 Å². The van der Waals surface area contributed by atoms with Crippen molar-refractivity contribution in [3.05, 3.63) is 92.1 Å². The third-order valence-corrected chi connectivity index (χ3v) is 6.78. The molecule has 1 aliphatic rings. The highest BCUT2D eigenvalue weighted by Gasteiger charge is 2.23. The zero-order chi connectivity index (χ0) is 24.2. The molecule has 0 radical (unpaired) electrons. The maximum Gasteiger partial charge on any atom is 0.252 e. The summed E-state index contributed by atoms with van der Waals surface area (Å²) in [6.45, 7) is 0. The summed E-state index contributed by atoms with van der Waals surface area (Å²) in [6, 6.07) is 13.9. The summed E-state index contributed by atoms with van der Waals surface area (Å²) in [7, 11) is 0. The number of carbonyl (C=O) groups excluding carboxylic acids is 2. The van der Waals surface area contributed by atoms with Gasteiger partial charge in [-0.2, -0.15) is 0 Å². The molecular weight excluding hydrogens is 551 g/mol. The van der Waals surface area contributed by atoms with Crippen LogP contribution in [0.2, 0.25) is 0 Å². The Hall–Kier alpha value is -2.81. The molecule has 0 unspecified atom stereocenters. The van der Waals surface area contributed by atoms with E-state index in [4.69, 9.17) is 10.5 Å². The van der Waals surface area contributed by atoms with Gasteiger partial charge in [0.15, 0.2) is 0 Å². The highest BCUT2D eigenvalue weighted by atomic mass is 127. The van der Waals surface area contributed by atoms with Crippen LogP contribution in [0, 0.1) is 21.1 Å². The van der Waals surface area contributed by atoms with Crippen molar-refractivity contribution in [2.24, 2.45) is 11.7 Å². The lowest BCUT2D eigenvalue weighted by atomic mass is 9.96. The SMILES string of the molecule is NC(=O)c1c(Cc2ccc(I)cc2F)cc(F)cc1Oc1cccc(CC(=O)C2CCCC2)c1. The Morgan fingerprint density at radius 2 is 1.76 bits per heavy atom. The molecule has 0 heterocycles. The molecule has 0 aromatic heterocycles. The molecule has 0 atom stereocenters. The first-order valence-corrected chi connectivity index (χ1v) is 12.2. The molecule has 3 aromatic rings. The number of Topliss-reactive ketones (excluding diaryl/α,β-unsaturated/α-hetero) is 1. The Morgan fingerprint density at radius 1 is 1.00 bits per heavy atom. The second kappa shape index (κ2) is 10.6. The van der Waals surface area contributed by atoms with Crippen LogP contribution in [0.1, 0.15) is 52.7 Å². The van der Waals surface area contributed by atoms with Gasteiger partial charge in [-0.25, -0.2) is 8.78 Å². The zero-order valence-corrected chi connectivity index (χ0v) is 20.6. The number of rotatable bonds is 8. The number of hydrogen-bond acceptors (Lipinski definition) is 3. The molecule has 7 heteroatoms. The Bertz CT molecular complexity index is 1240. The zero-order valence-electron chi connectivity index (χ0n) is 18.5. The first kappa shape index (κ1) is 24.3. The van der Waals surface area contributed by atoms with Gasteiger partial charge in [-0.15, -0.1) is 0 Å². The number of ketones is 1. The smallest absolute Gasteiger partial charge is 0.252 e. The lowest BCUT2D eigenvalue weighted by Gasteiger charge is -2.15. The number of nitrogens with two attached hydrogens (primary N) is 1. The Balaban J connectivity index is 1.61. The summed E-state index contributed by atoms with van der Waals surface area (Å²) >= 11 is 2.00. The fourth-order valence-corrected chi connectivity index (χ4v) is 4.90. The van der Waals surface area contributed by atoms with Crippen molar-refractivity contribution in [3.8, 4) is 11.5 Å². The second-order valence-corrected chi connectivity index (χ2v) is 9.83. The average Bonchev–Trinajstić information content (AvgIpc) is 3.31. The van der Waals surface area contributed by atoms with Crippen LogP contribution in [0.3, 0.4) is 0 Å². The normalized spacial score (nSPS) is 13.7. The maximum absolute atomic E-state index is 14.5. The van der Waals surface area contributed by atoms with Crippen molar-refractivity contribution in [1.82, 2.24) is 0 Å². The van der Waals surface area contributed by atoms with E-state index in [-0.39, 0.29) is 35.0 Å². The molecule has 0 saturated heterocycles. The van der Waals surface area contributed by atoms with E-state index in [0.717, 1.165) is 40.9 Å². The van der Waals surface area contributed by atoms with E-state index < -0.39 is 17.5 Å². The van der Waals surface area contributed by atoms with Crippen LogP contribution in [0.5, 0.6) is 11.5 Å². The molecule has 1 saturated carbocycles. The van der Waals surface area contributed by atoms with Gasteiger partial charge in [0.05, 0.1) is 5.56 Å². The van der Waals surface area contributed by atoms with Crippen molar-refractivity contribution < 1.29 is 23.1 Å². The second-order valence-electron chi connectivity index (χ2n) is 8.59. The van der Waals surface area contributed by atoms with Crippen LogP contribution in [0.4, 0.5) is 8.78 Å². The molecule has 4 nitrogen and oxygen atoms in total. The summed E-state index contributed by atoms with van der Waals surface area (Å²) in [4.78, 5) is 24.9. The van der Waals surface area contributed by atoms with Gasteiger partial charge in [-0.05, 0) is 82.5 Å². The van der Waals surface area contributed by atoms with E-state index in [0.29, 0.717) is 17.7 Å². The summed E-state index contributed by atoms with van der Waals surface area (Å²) in [5.41, 5.74) is 6.94. The Kier molecular flexibility index (Phi) is 7.60. The van der Waals surface area contributed by atoms with Gasteiger partial charge in [0.1, 0.15) is 28.9 Å². The standard InChI is InChI=1S/C27H24F2INO3/c28-20-13-19(12-18-8-9-21(30)15-23(18)29)26(27(31)33)25(14-20)34-22-7-3-4-16(10-22)11-24(32)17-5-1-2-6-17/h3-4,7-10,13-15,17H,1-2,5-6,11-12H2,(H2,31,33). The van der Waals surface area contributed by atoms with Crippen molar-refractivity contribution >= 4 is 34.3 Å². The fraction of sp³-hybridized carbons (Fsp3) is 0.259. The minimum absolute atomic E-state index is 0.00761. The molecule has 176 valence electrons. The Morgan fingerprint density at radius 3 is 2.47 bits per heavy atom. The molecule has 1 amide bonds. The monoisotopic (exact) mass is 575 g/mol. The summed E-state index contributed by atoms with van der Waals surface area (Å²) in [6.07, 6.45) is 4.32. The third-order valence-electron chi connectivity index (χ3n) is 6.11. The summed E-state index contributed by atoms with van der Waals surface area (Å²) < 4.78 is 35.5. The van der Waals surface area contributed by atoms with E-state index in [1.165, 1.54) is 12.1 Å². The molecular formula is C27H24F2INO3. The van der Waals surface area contributed by atoms with Crippen LogP contribution in [0.15, 0.2) is 54.6 Å². The predicted molar refractivity (Wildman–Crippen MR) is 134 cm³/mol. The lowest BCUT2D eigenvalue weighted by molar-refractivity contribution is -0.122. The number of primary amides is 1. The van der Waals surface area contributed by atoms with Crippen molar-refractivity contribution in [1.29, 1.82) is 0 Å². The van der Waals surface area contributed by atoms with Crippen LogP contribution in [-0.2, 0) is 17.6 Å². The number of ether oxygens (including phenoxy) is 1. The van der Waals surface area contributed by atoms with Crippen LogP contribution >= 0.6 is 22.6 Å². The van der Waals surface area contributed by atoms with Crippen LogP contribution in [-0.4, -0.2) is 11.7 Å². The molecule has 0 bridgehead atoms. The molecule has 0 aliphatic heterocycles. The average molecular weight is 575 g/mol. The minimum Gasteiger partial charge on any atom is -0.456 e. The van der Waals surface area contributed by atoms with Crippen molar-refractivity contribution in [2.45, 2.75) is 38.5 Å². The first-order valence-electron chi connectivity index (χ1n) is 11.2. The number of amides is 1. The van der Waals surface area contributed by atoms with E-state index in [1.54, 1.807) is 30.3 Å². The highest BCUT2D eigenvalue weighted by molar-refractivity contribution is 14.1. The van der Waals surface area contributed by atoms with Crippen LogP contribution < -0.4 is 10.5 Å². The molecule has 1 fully saturated rings. The van der Waals surface area contributed by atoms with Gasteiger partial charge in [-0.3, -0.25) is 9.59 Å². The van der Waals surface area contributed by atoms with Gasteiger partial charge in [0.2, 0.25) is 0 Å². The van der Waals surface area contributed by atoms with Gasteiger partial charge in [0.25, 0.3) is 5.91 Å². The van der Waals surface area contributed by atoms with E-state index in [9.17, 15) is 18.4 Å². The van der Waals surface area contributed by atoms with Gasteiger partial charge in [-0.1, -0.05) is 31.0 Å². The molecule has 4 rings (SSSR count). The number of benzene rings is 3. The lowest BCUT2D eigenvalue weighted by Crippen LogP contribution is -2.16. The van der Waals surface area contributed by atoms with E-state index >= 15 is 0 Å². The summed E-state index contributed by atoms with van der Waals surface area (Å²) in [5, 5.41) is 0. The predicted octanol–water partition coefficient (Wildman–Crippen LogP) is 6.35. The minimum atomic E-state index is -0.802. The van der Waals surface area contributed by atoms with Crippen LogP contribution in [0.25, 0.3) is 0 Å². The molecule has 0 spiro atoms. The molecule has 2 N–H and O–H groups in total. The first-order chi connectivity index (χ1) is 16.3. The van der Waals surface area contributed by atoms with Crippen molar-refractivity contribution in [3.63, 3.8) is 0 Å². The van der Waals surface area contributed by atoms with Gasteiger partial charge >= 0.3 is 0 Å².